The molecule has 0 radical (unpaired) electrons. The number of hydrogen-bond donors (Lipinski definition) is 2. The Balaban J connectivity index is 0. The van der Waals surface area contributed by atoms with Crippen LogP contribution in [-0.4, -0.2) is 89.6 Å². The van der Waals surface area contributed by atoms with Crippen LogP contribution >= 0.6 is 63.7 Å². The summed E-state index contributed by atoms with van der Waals surface area (Å²) in [4.78, 5) is 60.3. The summed E-state index contributed by atoms with van der Waals surface area (Å²) in [5, 5.41) is 28.0. The third-order valence-corrected chi connectivity index (χ3v) is 15.7. The number of phenols is 1. The Morgan fingerprint density at radius 2 is 0.837 bits per heavy atom. The molecule has 0 aliphatic rings. The van der Waals surface area contributed by atoms with Gasteiger partial charge in [-0.3, -0.25) is 9.59 Å². The predicted molar refractivity (Wildman–Crippen MR) is 399 cm³/mol. The molecular weight excluding hydrogens is 1650 g/mol. The van der Waals surface area contributed by atoms with Crippen LogP contribution in [0.3, 0.4) is 0 Å². The Bertz CT molecular complexity index is 4530. The van der Waals surface area contributed by atoms with Crippen molar-refractivity contribution in [3.05, 3.63) is 230 Å². The number of rotatable bonds is 19. The molecule has 22 nitrogen and oxygen atoms in total. The van der Waals surface area contributed by atoms with Crippen LogP contribution in [0, 0.1) is 0 Å². The summed E-state index contributed by atoms with van der Waals surface area (Å²) in [6.45, 7) is 4.01. The van der Waals surface area contributed by atoms with Crippen molar-refractivity contribution in [2.75, 3.05) is 34.5 Å². The van der Waals surface area contributed by atoms with Crippen LogP contribution in [0.2, 0.25) is 0 Å². The number of carboxylic acids is 1. The number of aliphatic carboxylic acids is 1. The molecule has 3 heterocycles. The SMILES string of the molecule is C.C.C.C.CCOC(=O)C(Br)c1cccc(Br)c1.CCOC(=O)C(Oc1ccc(OC)cc1-c1nc2ccccc2o1)c1cccc(Br)c1.COc1ccc(O)c(-c2nc3ccccc3o2)c1.COc1ccc(OC(C(=O)O)c2cccc(Br)c2)c(-c2nc3ccccc3o2)c1.O=CO[O-].[H-].[K+].[K+].[Li+].[OH-]. The third kappa shape index (κ3) is 27.5. The van der Waals surface area contributed by atoms with Gasteiger partial charge in [-0.25, -0.2) is 24.5 Å². The van der Waals surface area contributed by atoms with Crippen molar-refractivity contribution in [1.29, 1.82) is 0 Å². The Hall–Kier alpha value is -6.22. The van der Waals surface area contributed by atoms with Crippen molar-refractivity contribution in [3.63, 3.8) is 0 Å². The fourth-order valence-corrected chi connectivity index (χ4v) is 10.6. The van der Waals surface area contributed by atoms with Gasteiger partial charge in [-0.15, -0.1) is 0 Å². The Morgan fingerprint density at radius 1 is 0.500 bits per heavy atom. The number of fused-ring (bicyclic) bond motifs is 3. The number of hydrogen-bond acceptors (Lipinski definition) is 21. The summed E-state index contributed by atoms with van der Waals surface area (Å²) in [7, 11) is 4.70. The molecule has 0 spiro atoms. The second-order valence-electron chi connectivity index (χ2n) is 19.6. The summed E-state index contributed by atoms with van der Waals surface area (Å²) < 4.78 is 58.0. The zero-order chi connectivity index (χ0) is 68.7. The quantitative estimate of drug-likeness (QED) is 0.0190. The van der Waals surface area contributed by atoms with Gasteiger partial charge in [-0.2, -0.15) is 0 Å². The predicted octanol–water partition coefficient (Wildman–Crippen LogP) is 10.0. The topological polar surface area (TPSA) is 314 Å². The number of aromatic hydroxyl groups is 1. The molecule has 29 heteroatoms. The molecule has 3 atom stereocenters. The molecule has 0 saturated heterocycles. The number of ether oxygens (including phenoxy) is 7. The van der Waals surface area contributed by atoms with E-state index in [0.29, 0.717) is 103 Å². The van der Waals surface area contributed by atoms with Gasteiger partial charge in [0.05, 0.1) is 51.2 Å². The molecule has 3 unspecified atom stereocenters. The molecular formula is C75H76Br4K2LiN3O19. The van der Waals surface area contributed by atoms with Crippen molar-refractivity contribution in [2.45, 2.75) is 60.6 Å². The first-order chi connectivity index (χ1) is 46.5. The van der Waals surface area contributed by atoms with Gasteiger partial charge in [0.2, 0.25) is 29.9 Å². The number of carboxylic acid groups (broad SMARTS) is 1. The van der Waals surface area contributed by atoms with Gasteiger partial charge in [0, 0.05) is 24.5 Å². The number of phenolic OH excluding ortho intramolecular Hbond substituents is 1. The van der Waals surface area contributed by atoms with Crippen molar-refractivity contribution in [3.8, 4) is 68.9 Å². The number of nitrogens with zero attached hydrogens (tertiary/aromatic N) is 3. The van der Waals surface area contributed by atoms with Crippen LogP contribution in [0.4, 0.5) is 0 Å². The van der Waals surface area contributed by atoms with E-state index in [4.69, 9.17) is 56.5 Å². The van der Waals surface area contributed by atoms with Crippen LogP contribution in [-0.2, 0) is 33.5 Å². The Labute approximate surface area is 735 Å². The number of aromatic nitrogens is 3. The summed E-state index contributed by atoms with van der Waals surface area (Å²) in [5.41, 5.74) is 7.78. The van der Waals surface area contributed by atoms with Crippen molar-refractivity contribution >= 4 is 121 Å². The zero-order valence-corrected chi connectivity index (χ0v) is 67.6. The third-order valence-electron chi connectivity index (χ3n) is 13.3. The number of oxazole rings is 3. The molecule has 3 N–H and O–H groups in total. The Kier molecular flexibility index (Phi) is 46.6. The molecule has 104 heavy (non-hydrogen) atoms. The van der Waals surface area contributed by atoms with Crippen LogP contribution in [0.15, 0.2) is 227 Å². The van der Waals surface area contributed by atoms with Crippen LogP contribution in [0.5, 0.6) is 34.5 Å². The largest absolute Gasteiger partial charge is 1.00 e. The summed E-state index contributed by atoms with van der Waals surface area (Å²) in [6.07, 6.45) is -2.17. The molecule has 0 amide bonds. The van der Waals surface area contributed by atoms with Gasteiger partial charge < -0.3 is 73.7 Å². The molecule has 536 valence electrons. The van der Waals surface area contributed by atoms with Gasteiger partial charge in [-0.05, 0) is 147 Å². The van der Waals surface area contributed by atoms with Crippen LogP contribution < -0.4 is 151 Å². The summed E-state index contributed by atoms with van der Waals surface area (Å²) in [6, 6.07) is 59.5. The maximum absolute atomic E-state index is 12.7. The molecule has 3 aromatic heterocycles. The van der Waals surface area contributed by atoms with E-state index < -0.39 is 24.1 Å². The average Bonchev–Trinajstić information content (AvgIpc) is 1.72. The maximum atomic E-state index is 12.7. The first-order valence-electron chi connectivity index (χ1n) is 28.8. The first-order valence-corrected chi connectivity index (χ1v) is 32.1. The van der Waals surface area contributed by atoms with E-state index in [0.717, 1.165) is 30.0 Å². The molecule has 12 rings (SSSR count). The molecule has 0 saturated carbocycles. The maximum Gasteiger partial charge on any atom is 1.00 e. The number of carbonyl (C=O) groups excluding carboxylic acids is 3. The molecule has 0 fully saturated rings. The van der Waals surface area contributed by atoms with Crippen molar-refractivity contribution in [1.82, 2.24) is 15.0 Å². The molecule has 0 aliphatic heterocycles. The van der Waals surface area contributed by atoms with E-state index >= 15 is 0 Å². The number of esters is 2. The van der Waals surface area contributed by atoms with Gasteiger partial charge >= 0.3 is 140 Å². The fraction of sp³-hybridized carbons (Fsp3) is 0.187. The van der Waals surface area contributed by atoms with E-state index in [1.807, 2.05) is 127 Å². The first kappa shape index (κ1) is 97.8. The van der Waals surface area contributed by atoms with E-state index in [9.17, 15) is 24.6 Å². The van der Waals surface area contributed by atoms with Crippen molar-refractivity contribution < 1.29 is 214 Å². The fourth-order valence-electron chi connectivity index (χ4n) is 8.93. The van der Waals surface area contributed by atoms with E-state index in [1.165, 1.54) is 0 Å². The second kappa shape index (κ2) is 49.6. The molecule has 0 aliphatic carbocycles. The molecule has 0 bridgehead atoms. The minimum atomic E-state index is -1.20. The van der Waals surface area contributed by atoms with E-state index in [1.54, 1.807) is 108 Å². The van der Waals surface area contributed by atoms with E-state index in [2.05, 4.69) is 83.6 Å². The van der Waals surface area contributed by atoms with Crippen LogP contribution in [0.1, 0.15) is 78.7 Å². The minimum Gasteiger partial charge on any atom is -1.00 e. The van der Waals surface area contributed by atoms with Gasteiger partial charge in [0.1, 0.15) is 55.9 Å². The molecule has 9 aromatic carbocycles. The monoisotopic (exact) mass is 1720 g/mol. The van der Waals surface area contributed by atoms with Gasteiger partial charge in [-0.1, -0.05) is 166 Å². The number of benzene rings is 9. The Morgan fingerprint density at radius 3 is 1.20 bits per heavy atom. The standard InChI is InChI=1S/C24H20BrNO5.C22H16BrNO5.C14H11NO3.C10H10Br2O2.CH2O3.4CH4.2K.Li.H2O.H/c1-3-29-24(27)22(15-7-6-8-16(25)13-15)30-20-12-11-17(28-2)14-18(20)23-26-19-9-4-5-10-21(19)31-23;1-27-15-9-10-18(28-20(22(25)26)13-5-4-6-14(23)11-13)16(12-15)21-24-17-7-2-3-8-19(17)29-21;1-17-9-6-7-12(16)10(8-9)14-15-11-4-2-3-5-13(11)18-14;1-2-14-10(13)9(12)7-4-3-5-8(11)6-7;2-1-4-3;;;;;;;;;/h4-14,22H,3H2,1-2H3;2-12,20H,1H3,(H,25,26);2-8,16H,1H3;3-6,9H,2H2,1H3;1,3H;4*1H4;;;;1H2;/q;;;;;;;;;3*+1;;-1/p-2. The number of alkyl halides is 1. The minimum absolute atomic E-state index is 0. The number of methoxy groups -OCH3 is 3. The smallest absolute Gasteiger partial charge is 1.00 e. The molecule has 12 aromatic rings. The number of halogens is 4. The second-order valence-corrected chi connectivity index (χ2v) is 23.3. The average molecular weight is 1730 g/mol. The van der Waals surface area contributed by atoms with Gasteiger partial charge in [0.15, 0.2) is 16.7 Å². The van der Waals surface area contributed by atoms with E-state index in [-0.39, 0.29) is 188 Å². The van der Waals surface area contributed by atoms with Gasteiger partial charge in [0.25, 0.3) is 6.47 Å². The van der Waals surface area contributed by atoms with Crippen LogP contribution in [0.25, 0.3) is 67.7 Å². The summed E-state index contributed by atoms with van der Waals surface area (Å²) in [5.74, 6) is 1.90. The normalized spacial score (nSPS) is 10.6. The number of para-hydroxylation sites is 6. The number of carbonyl (C=O) groups is 4. The zero-order valence-electron chi connectivity index (χ0n) is 56.0. The van der Waals surface area contributed by atoms with Crippen molar-refractivity contribution in [2.24, 2.45) is 0 Å². The summed E-state index contributed by atoms with van der Waals surface area (Å²) >= 11 is 13.4.